The number of hydrogen-bond donors (Lipinski definition) is 1. The maximum absolute atomic E-state index is 12.2. The maximum Gasteiger partial charge on any atom is 0.264 e. The summed E-state index contributed by atoms with van der Waals surface area (Å²) in [6.07, 6.45) is 1.49. The molecule has 0 bridgehead atoms. The van der Waals surface area contributed by atoms with Crippen LogP contribution in [-0.4, -0.2) is 13.4 Å². The van der Waals surface area contributed by atoms with Crippen LogP contribution in [0.2, 0.25) is 10.0 Å². The van der Waals surface area contributed by atoms with Gasteiger partial charge in [0.25, 0.3) is 10.0 Å². The van der Waals surface area contributed by atoms with E-state index >= 15 is 0 Å². The molecule has 1 aromatic carbocycles. The van der Waals surface area contributed by atoms with Gasteiger partial charge in [-0.2, -0.15) is 0 Å². The lowest BCUT2D eigenvalue weighted by Crippen LogP contribution is -2.14. The van der Waals surface area contributed by atoms with E-state index in [9.17, 15) is 8.42 Å². The third kappa shape index (κ3) is 3.18. The zero-order valence-corrected chi connectivity index (χ0v) is 12.2. The number of aryl methyl sites for hydroxylation is 1. The van der Waals surface area contributed by atoms with Crippen molar-refractivity contribution in [3.8, 4) is 0 Å². The topological polar surface area (TPSA) is 59.1 Å². The van der Waals surface area contributed by atoms with Gasteiger partial charge in [0.05, 0.1) is 5.02 Å². The number of anilines is 1. The highest BCUT2D eigenvalue weighted by molar-refractivity contribution is 7.92. The van der Waals surface area contributed by atoms with Crippen LogP contribution >= 0.6 is 23.2 Å². The molecule has 0 aliphatic carbocycles. The average Bonchev–Trinajstić information content (AvgIpc) is 2.34. The quantitative estimate of drug-likeness (QED) is 0.942. The molecule has 100 valence electrons. The van der Waals surface area contributed by atoms with Crippen LogP contribution in [0.5, 0.6) is 0 Å². The molecular weight excluding hydrogens is 307 g/mol. The van der Waals surface area contributed by atoms with Crippen LogP contribution in [0.15, 0.2) is 41.4 Å². The van der Waals surface area contributed by atoms with Gasteiger partial charge in [-0.3, -0.25) is 4.72 Å². The van der Waals surface area contributed by atoms with Crippen molar-refractivity contribution in [1.82, 2.24) is 4.98 Å². The number of sulfonamides is 1. The van der Waals surface area contributed by atoms with E-state index in [1.54, 1.807) is 25.1 Å². The summed E-state index contributed by atoms with van der Waals surface area (Å²) in [5.41, 5.74) is 0.632. The van der Waals surface area contributed by atoms with Gasteiger partial charge in [0.15, 0.2) is 0 Å². The first-order valence-electron chi connectivity index (χ1n) is 5.29. The Kier molecular flexibility index (Phi) is 3.99. The van der Waals surface area contributed by atoms with E-state index in [1.807, 2.05) is 0 Å². The standard InChI is InChI=1S/C12H10Cl2N2O2S/c1-8-6-11(10(14)7-9(8)13)19(17,18)16-12-4-2-3-5-15-12/h2-7H,1H3,(H,15,16). The molecule has 0 saturated heterocycles. The smallest absolute Gasteiger partial charge is 0.263 e. The number of nitrogens with one attached hydrogen (secondary N) is 1. The van der Waals surface area contributed by atoms with Crippen LogP contribution in [0.25, 0.3) is 0 Å². The Bertz CT molecular complexity index is 703. The molecule has 0 amide bonds. The summed E-state index contributed by atoms with van der Waals surface area (Å²) >= 11 is 11.8. The molecule has 2 rings (SSSR count). The highest BCUT2D eigenvalue weighted by Crippen LogP contribution is 2.29. The normalized spacial score (nSPS) is 11.3. The number of pyridine rings is 1. The molecule has 0 spiro atoms. The van der Waals surface area contributed by atoms with Gasteiger partial charge in [-0.15, -0.1) is 0 Å². The Morgan fingerprint density at radius 3 is 2.53 bits per heavy atom. The molecule has 0 fully saturated rings. The SMILES string of the molecule is Cc1cc(S(=O)(=O)Nc2ccccn2)c(Cl)cc1Cl. The summed E-state index contributed by atoms with van der Waals surface area (Å²) in [7, 11) is -3.79. The van der Waals surface area contributed by atoms with E-state index in [2.05, 4.69) is 9.71 Å². The molecule has 4 nitrogen and oxygen atoms in total. The van der Waals surface area contributed by atoms with Gasteiger partial charge in [-0.1, -0.05) is 29.3 Å². The van der Waals surface area contributed by atoms with Crippen molar-refractivity contribution < 1.29 is 8.42 Å². The predicted molar refractivity (Wildman–Crippen MR) is 76.2 cm³/mol. The largest absolute Gasteiger partial charge is 0.264 e. The Morgan fingerprint density at radius 1 is 1.16 bits per heavy atom. The molecule has 0 aliphatic heterocycles. The van der Waals surface area contributed by atoms with Crippen molar-refractivity contribution in [2.24, 2.45) is 0 Å². The monoisotopic (exact) mass is 316 g/mol. The summed E-state index contributed by atoms with van der Waals surface area (Å²) in [6, 6.07) is 7.76. The number of nitrogens with zero attached hydrogens (tertiary/aromatic N) is 1. The third-order valence-corrected chi connectivity index (χ3v) is 4.63. The first kappa shape index (κ1) is 14.1. The molecule has 0 aliphatic rings. The summed E-state index contributed by atoms with van der Waals surface area (Å²) < 4.78 is 26.8. The Morgan fingerprint density at radius 2 is 1.89 bits per heavy atom. The fraction of sp³-hybridized carbons (Fsp3) is 0.0833. The fourth-order valence-electron chi connectivity index (χ4n) is 1.45. The zero-order chi connectivity index (χ0) is 14.0. The molecule has 0 atom stereocenters. The first-order valence-corrected chi connectivity index (χ1v) is 7.53. The van der Waals surface area contributed by atoms with Crippen molar-refractivity contribution in [2.45, 2.75) is 11.8 Å². The van der Waals surface area contributed by atoms with Crippen LogP contribution in [-0.2, 0) is 10.0 Å². The van der Waals surface area contributed by atoms with Gasteiger partial charge in [-0.05, 0) is 36.8 Å². The van der Waals surface area contributed by atoms with Gasteiger partial charge < -0.3 is 0 Å². The molecule has 1 N–H and O–H groups in total. The van der Waals surface area contributed by atoms with Crippen molar-refractivity contribution in [1.29, 1.82) is 0 Å². The van der Waals surface area contributed by atoms with Gasteiger partial charge >= 0.3 is 0 Å². The van der Waals surface area contributed by atoms with E-state index in [-0.39, 0.29) is 15.7 Å². The Labute approximate surface area is 121 Å². The average molecular weight is 317 g/mol. The van der Waals surface area contributed by atoms with E-state index in [1.165, 1.54) is 18.3 Å². The molecule has 19 heavy (non-hydrogen) atoms. The highest BCUT2D eigenvalue weighted by atomic mass is 35.5. The Balaban J connectivity index is 2.43. The van der Waals surface area contributed by atoms with E-state index in [4.69, 9.17) is 23.2 Å². The fourth-order valence-corrected chi connectivity index (χ4v) is 3.29. The van der Waals surface area contributed by atoms with Crippen LogP contribution in [0.3, 0.4) is 0 Å². The summed E-state index contributed by atoms with van der Waals surface area (Å²) in [6.45, 7) is 1.71. The van der Waals surface area contributed by atoms with Gasteiger partial charge in [0, 0.05) is 11.2 Å². The minimum absolute atomic E-state index is 0.0262. The lowest BCUT2D eigenvalue weighted by atomic mass is 10.2. The summed E-state index contributed by atoms with van der Waals surface area (Å²) in [4.78, 5) is 3.87. The van der Waals surface area contributed by atoms with Crippen LogP contribution in [0.1, 0.15) is 5.56 Å². The van der Waals surface area contributed by atoms with E-state index in [0.717, 1.165) is 0 Å². The van der Waals surface area contributed by atoms with Gasteiger partial charge in [-0.25, -0.2) is 13.4 Å². The lowest BCUT2D eigenvalue weighted by Gasteiger charge is -2.10. The number of aromatic nitrogens is 1. The molecule has 2 aromatic rings. The molecule has 0 unspecified atom stereocenters. The molecule has 7 heteroatoms. The zero-order valence-electron chi connectivity index (χ0n) is 9.89. The van der Waals surface area contributed by atoms with Crippen molar-refractivity contribution >= 4 is 39.0 Å². The van der Waals surface area contributed by atoms with Gasteiger partial charge in [0.1, 0.15) is 10.7 Å². The summed E-state index contributed by atoms with van der Waals surface area (Å²) in [5, 5.41) is 0.487. The second kappa shape index (κ2) is 5.36. The van der Waals surface area contributed by atoms with Crippen LogP contribution in [0, 0.1) is 6.92 Å². The predicted octanol–water partition coefficient (Wildman–Crippen LogP) is 3.50. The van der Waals surface area contributed by atoms with E-state index in [0.29, 0.717) is 10.6 Å². The first-order chi connectivity index (χ1) is 8.90. The van der Waals surface area contributed by atoms with Crippen LogP contribution < -0.4 is 4.72 Å². The lowest BCUT2D eigenvalue weighted by molar-refractivity contribution is 0.601. The van der Waals surface area contributed by atoms with Crippen molar-refractivity contribution in [3.63, 3.8) is 0 Å². The van der Waals surface area contributed by atoms with E-state index < -0.39 is 10.0 Å². The van der Waals surface area contributed by atoms with Crippen molar-refractivity contribution in [2.75, 3.05) is 4.72 Å². The number of benzene rings is 1. The third-order valence-electron chi connectivity index (χ3n) is 2.41. The number of halogens is 2. The molecule has 0 radical (unpaired) electrons. The number of rotatable bonds is 3. The minimum atomic E-state index is -3.79. The second-order valence-corrected chi connectivity index (χ2v) is 6.32. The van der Waals surface area contributed by atoms with Crippen molar-refractivity contribution in [3.05, 3.63) is 52.1 Å². The Hall–Kier alpha value is -1.30. The maximum atomic E-state index is 12.2. The van der Waals surface area contributed by atoms with Gasteiger partial charge in [0.2, 0.25) is 0 Å². The minimum Gasteiger partial charge on any atom is -0.263 e. The highest BCUT2D eigenvalue weighted by Gasteiger charge is 2.19. The second-order valence-electron chi connectivity index (χ2n) is 3.85. The molecule has 0 saturated carbocycles. The summed E-state index contributed by atoms with van der Waals surface area (Å²) in [5.74, 6) is 0.228. The van der Waals surface area contributed by atoms with Crippen LogP contribution in [0.4, 0.5) is 5.82 Å². The molecular formula is C12H10Cl2N2O2S. The molecule has 1 heterocycles. The number of hydrogen-bond acceptors (Lipinski definition) is 3. The molecule has 1 aromatic heterocycles.